The van der Waals surface area contributed by atoms with E-state index in [2.05, 4.69) is 17.0 Å². The van der Waals surface area contributed by atoms with Gasteiger partial charge in [-0.3, -0.25) is 9.59 Å². The van der Waals surface area contributed by atoms with Gasteiger partial charge in [0.25, 0.3) is 0 Å². The highest BCUT2D eigenvalue weighted by Gasteiger charge is 2.23. The van der Waals surface area contributed by atoms with E-state index in [1.807, 2.05) is 30.0 Å². The highest BCUT2D eigenvalue weighted by atomic mass is 16.4. The van der Waals surface area contributed by atoms with Gasteiger partial charge < -0.3 is 14.9 Å². The Balaban J connectivity index is 1.81. The Labute approximate surface area is 125 Å². The van der Waals surface area contributed by atoms with Crippen LogP contribution in [0, 0.1) is 5.92 Å². The Hall–Kier alpha value is -2.04. The number of nitrogens with zero attached hydrogens (tertiary/aromatic N) is 2. The van der Waals surface area contributed by atoms with Crippen molar-refractivity contribution in [1.29, 1.82) is 0 Å². The average Bonchev–Trinajstić information content (AvgIpc) is 2.47. The van der Waals surface area contributed by atoms with Crippen molar-refractivity contribution in [3.8, 4) is 0 Å². The number of hydrogen-bond acceptors (Lipinski definition) is 3. The van der Waals surface area contributed by atoms with E-state index in [-0.39, 0.29) is 18.2 Å². The van der Waals surface area contributed by atoms with Gasteiger partial charge >= 0.3 is 5.97 Å². The first-order valence-corrected chi connectivity index (χ1v) is 7.36. The first kappa shape index (κ1) is 15.4. The highest BCUT2D eigenvalue weighted by Crippen LogP contribution is 2.17. The fourth-order valence-electron chi connectivity index (χ4n) is 2.65. The van der Waals surface area contributed by atoms with E-state index in [4.69, 9.17) is 5.11 Å². The van der Waals surface area contributed by atoms with E-state index < -0.39 is 5.97 Å². The molecule has 0 saturated carbocycles. The maximum absolute atomic E-state index is 12.1. The molecular weight excluding hydrogens is 268 g/mol. The predicted molar refractivity (Wildman–Crippen MR) is 81.3 cm³/mol. The number of amides is 1. The molecule has 1 aliphatic heterocycles. The van der Waals surface area contributed by atoms with Crippen molar-refractivity contribution in [2.24, 2.45) is 5.92 Å². The molecule has 5 nitrogen and oxygen atoms in total. The Kier molecular flexibility index (Phi) is 5.20. The van der Waals surface area contributed by atoms with Gasteiger partial charge in [-0.1, -0.05) is 25.1 Å². The SMILES string of the molecule is CC(CC(=O)O)CC(=O)N1CCN(c2ccccc2)CC1. The summed E-state index contributed by atoms with van der Waals surface area (Å²) in [6.07, 6.45) is 0.368. The Morgan fingerprint density at radius 3 is 2.29 bits per heavy atom. The Morgan fingerprint density at radius 2 is 1.71 bits per heavy atom. The van der Waals surface area contributed by atoms with Gasteiger partial charge in [0.05, 0.1) is 0 Å². The van der Waals surface area contributed by atoms with Crippen molar-refractivity contribution in [1.82, 2.24) is 4.90 Å². The zero-order valence-electron chi connectivity index (χ0n) is 12.4. The number of carbonyl (C=O) groups excluding carboxylic acids is 1. The lowest BCUT2D eigenvalue weighted by molar-refractivity contribution is -0.138. The van der Waals surface area contributed by atoms with Gasteiger partial charge in [-0.15, -0.1) is 0 Å². The van der Waals surface area contributed by atoms with Crippen LogP contribution < -0.4 is 4.90 Å². The topological polar surface area (TPSA) is 60.9 Å². The third kappa shape index (κ3) is 4.48. The van der Waals surface area contributed by atoms with Crippen molar-refractivity contribution in [3.05, 3.63) is 30.3 Å². The monoisotopic (exact) mass is 290 g/mol. The van der Waals surface area contributed by atoms with Crippen LogP contribution in [-0.4, -0.2) is 48.1 Å². The number of carboxylic acid groups (broad SMARTS) is 1. The molecular formula is C16H22N2O3. The second-order valence-corrected chi connectivity index (χ2v) is 5.61. The Morgan fingerprint density at radius 1 is 1.10 bits per heavy atom. The molecule has 114 valence electrons. The van der Waals surface area contributed by atoms with E-state index in [0.29, 0.717) is 19.5 Å². The van der Waals surface area contributed by atoms with Crippen molar-refractivity contribution >= 4 is 17.6 Å². The van der Waals surface area contributed by atoms with Gasteiger partial charge in [-0.2, -0.15) is 0 Å². The first-order chi connectivity index (χ1) is 10.1. The fourth-order valence-corrected chi connectivity index (χ4v) is 2.65. The summed E-state index contributed by atoms with van der Waals surface area (Å²) >= 11 is 0. The van der Waals surface area contributed by atoms with E-state index in [1.54, 1.807) is 0 Å². The largest absolute Gasteiger partial charge is 0.481 e. The molecule has 0 bridgehead atoms. The van der Waals surface area contributed by atoms with Crippen molar-refractivity contribution in [3.63, 3.8) is 0 Å². The summed E-state index contributed by atoms with van der Waals surface area (Å²) in [5.41, 5.74) is 1.18. The molecule has 0 aliphatic carbocycles. The van der Waals surface area contributed by atoms with E-state index >= 15 is 0 Å². The van der Waals surface area contributed by atoms with E-state index in [0.717, 1.165) is 13.1 Å². The Bertz CT molecular complexity index is 482. The number of aliphatic carboxylic acids is 1. The van der Waals surface area contributed by atoms with Crippen LogP contribution >= 0.6 is 0 Å². The van der Waals surface area contributed by atoms with E-state index in [9.17, 15) is 9.59 Å². The molecule has 1 atom stereocenters. The molecule has 1 aromatic carbocycles. The molecule has 21 heavy (non-hydrogen) atoms. The average molecular weight is 290 g/mol. The zero-order valence-corrected chi connectivity index (χ0v) is 12.4. The minimum absolute atomic E-state index is 0.0513. The van der Waals surface area contributed by atoms with Crippen LogP contribution in [0.4, 0.5) is 5.69 Å². The smallest absolute Gasteiger partial charge is 0.303 e. The normalized spacial score (nSPS) is 16.6. The molecule has 5 heteroatoms. The first-order valence-electron chi connectivity index (χ1n) is 7.36. The summed E-state index contributed by atoms with van der Waals surface area (Å²) in [6.45, 7) is 4.86. The third-order valence-corrected chi connectivity index (χ3v) is 3.80. The van der Waals surface area contributed by atoms with Crippen LogP contribution in [0.25, 0.3) is 0 Å². The molecule has 0 radical (unpaired) electrons. The number of para-hydroxylation sites is 1. The van der Waals surface area contributed by atoms with Gasteiger partial charge in [-0.25, -0.2) is 0 Å². The van der Waals surface area contributed by atoms with Gasteiger partial charge in [0.2, 0.25) is 5.91 Å². The van der Waals surface area contributed by atoms with Gasteiger partial charge in [0, 0.05) is 44.7 Å². The van der Waals surface area contributed by atoms with Crippen LogP contribution in [0.1, 0.15) is 19.8 Å². The molecule has 0 spiro atoms. The number of hydrogen-bond donors (Lipinski definition) is 1. The molecule has 1 N–H and O–H groups in total. The molecule has 1 saturated heterocycles. The summed E-state index contributed by atoms with van der Waals surface area (Å²) in [6, 6.07) is 10.2. The number of piperazine rings is 1. The summed E-state index contributed by atoms with van der Waals surface area (Å²) in [5.74, 6) is -0.886. The fraction of sp³-hybridized carbons (Fsp3) is 0.500. The molecule has 1 aliphatic rings. The van der Waals surface area contributed by atoms with Crippen LogP contribution in [0.2, 0.25) is 0 Å². The summed E-state index contributed by atoms with van der Waals surface area (Å²) in [7, 11) is 0. The highest BCUT2D eigenvalue weighted by molar-refractivity contribution is 5.77. The molecule has 0 aromatic heterocycles. The maximum Gasteiger partial charge on any atom is 0.303 e. The lowest BCUT2D eigenvalue weighted by Gasteiger charge is -2.36. The van der Waals surface area contributed by atoms with E-state index in [1.165, 1.54) is 5.69 Å². The van der Waals surface area contributed by atoms with Crippen LogP contribution in [-0.2, 0) is 9.59 Å². The standard InChI is InChI=1S/C16H22N2O3/c1-13(12-16(20)21)11-15(19)18-9-7-17(8-10-18)14-5-3-2-4-6-14/h2-6,13H,7-12H2,1H3,(H,20,21). The summed E-state index contributed by atoms with van der Waals surface area (Å²) in [5, 5.41) is 8.74. The van der Waals surface area contributed by atoms with Crippen molar-refractivity contribution in [2.75, 3.05) is 31.1 Å². The molecule has 1 amide bonds. The lowest BCUT2D eigenvalue weighted by Crippen LogP contribution is -2.49. The number of benzene rings is 1. The second-order valence-electron chi connectivity index (χ2n) is 5.61. The van der Waals surface area contributed by atoms with Crippen LogP contribution in [0.15, 0.2) is 30.3 Å². The summed E-state index contributed by atoms with van der Waals surface area (Å²) in [4.78, 5) is 26.9. The summed E-state index contributed by atoms with van der Waals surface area (Å²) < 4.78 is 0. The van der Waals surface area contributed by atoms with Crippen LogP contribution in [0.3, 0.4) is 0 Å². The van der Waals surface area contributed by atoms with Gasteiger partial charge in [0.15, 0.2) is 0 Å². The molecule has 1 unspecified atom stereocenters. The lowest BCUT2D eigenvalue weighted by atomic mass is 10.0. The minimum atomic E-state index is -0.843. The number of anilines is 1. The number of carbonyl (C=O) groups is 2. The minimum Gasteiger partial charge on any atom is -0.481 e. The molecule has 1 fully saturated rings. The predicted octanol–water partition coefficient (Wildman–Crippen LogP) is 1.84. The van der Waals surface area contributed by atoms with Crippen molar-refractivity contribution < 1.29 is 14.7 Å². The molecule has 2 rings (SSSR count). The second kappa shape index (κ2) is 7.11. The quantitative estimate of drug-likeness (QED) is 0.899. The third-order valence-electron chi connectivity index (χ3n) is 3.80. The molecule has 1 aromatic rings. The number of carboxylic acids is 1. The number of rotatable bonds is 5. The zero-order chi connectivity index (χ0) is 15.2. The maximum atomic E-state index is 12.1. The van der Waals surface area contributed by atoms with Crippen molar-refractivity contribution in [2.45, 2.75) is 19.8 Å². The van der Waals surface area contributed by atoms with Gasteiger partial charge in [-0.05, 0) is 18.1 Å². The van der Waals surface area contributed by atoms with Gasteiger partial charge in [0.1, 0.15) is 0 Å². The molecule has 1 heterocycles. The van der Waals surface area contributed by atoms with Crippen LogP contribution in [0.5, 0.6) is 0 Å².